The summed E-state index contributed by atoms with van der Waals surface area (Å²) < 4.78 is 0.560. The average molecular weight is 310 g/mol. The molecule has 3 amide bonds. The molecule has 0 aliphatic rings. The standard InChI is InChI=1S/C13H12ClN3O2S/c1-15-13(19)17-9-4-2-3-8(7-9)16-12(18)10-5-6-11(14)20-10/h2-7H,1H3,(H,16,18)(H2,15,17,19). The number of carbonyl (C=O) groups is 2. The van der Waals surface area contributed by atoms with E-state index in [9.17, 15) is 9.59 Å². The van der Waals surface area contributed by atoms with Gasteiger partial charge in [0.25, 0.3) is 5.91 Å². The number of urea groups is 1. The van der Waals surface area contributed by atoms with Gasteiger partial charge in [-0.3, -0.25) is 4.79 Å². The fourth-order valence-electron chi connectivity index (χ4n) is 1.50. The fraction of sp³-hybridized carbons (Fsp3) is 0.0769. The van der Waals surface area contributed by atoms with E-state index >= 15 is 0 Å². The summed E-state index contributed by atoms with van der Waals surface area (Å²) in [5.74, 6) is -0.237. The number of benzene rings is 1. The molecule has 1 heterocycles. The molecule has 0 atom stereocenters. The van der Waals surface area contributed by atoms with Crippen molar-refractivity contribution < 1.29 is 9.59 Å². The van der Waals surface area contributed by atoms with Crippen LogP contribution in [-0.2, 0) is 0 Å². The van der Waals surface area contributed by atoms with Crippen molar-refractivity contribution in [2.24, 2.45) is 0 Å². The van der Waals surface area contributed by atoms with Crippen LogP contribution in [-0.4, -0.2) is 19.0 Å². The van der Waals surface area contributed by atoms with E-state index in [2.05, 4.69) is 16.0 Å². The van der Waals surface area contributed by atoms with Crippen LogP contribution in [0.4, 0.5) is 16.2 Å². The maximum atomic E-state index is 12.0. The zero-order valence-electron chi connectivity index (χ0n) is 10.6. The van der Waals surface area contributed by atoms with E-state index < -0.39 is 0 Å². The van der Waals surface area contributed by atoms with Crippen LogP contribution in [0.1, 0.15) is 9.67 Å². The van der Waals surface area contributed by atoms with Gasteiger partial charge in [0, 0.05) is 18.4 Å². The summed E-state index contributed by atoms with van der Waals surface area (Å²) in [5, 5.41) is 7.83. The average Bonchev–Trinajstić information content (AvgIpc) is 2.86. The number of halogens is 1. The lowest BCUT2D eigenvalue weighted by atomic mass is 10.2. The number of hydrogen-bond acceptors (Lipinski definition) is 3. The van der Waals surface area contributed by atoms with Crippen LogP contribution in [0.25, 0.3) is 0 Å². The first-order valence-electron chi connectivity index (χ1n) is 5.74. The van der Waals surface area contributed by atoms with Gasteiger partial charge in [-0.05, 0) is 30.3 Å². The highest BCUT2D eigenvalue weighted by molar-refractivity contribution is 7.18. The minimum Gasteiger partial charge on any atom is -0.341 e. The van der Waals surface area contributed by atoms with E-state index in [1.165, 1.54) is 18.4 Å². The van der Waals surface area contributed by atoms with Crippen LogP contribution in [0.15, 0.2) is 36.4 Å². The monoisotopic (exact) mass is 309 g/mol. The van der Waals surface area contributed by atoms with Crippen LogP contribution in [0.5, 0.6) is 0 Å². The summed E-state index contributed by atoms with van der Waals surface area (Å²) in [6.07, 6.45) is 0. The third-order valence-corrected chi connectivity index (χ3v) is 3.63. The Bertz CT molecular complexity index is 642. The second-order valence-electron chi connectivity index (χ2n) is 3.84. The zero-order chi connectivity index (χ0) is 14.5. The minimum absolute atomic E-state index is 0.237. The number of amides is 3. The molecule has 1 aromatic heterocycles. The van der Waals surface area contributed by atoms with Gasteiger partial charge in [-0.25, -0.2) is 4.79 Å². The fourth-order valence-corrected chi connectivity index (χ4v) is 2.44. The number of thiophene rings is 1. The Morgan fingerprint density at radius 2 is 1.80 bits per heavy atom. The highest BCUT2D eigenvalue weighted by atomic mass is 35.5. The second-order valence-corrected chi connectivity index (χ2v) is 5.56. The quantitative estimate of drug-likeness (QED) is 0.813. The van der Waals surface area contributed by atoms with Gasteiger partial charge in [0.15, 0.2) is 0 Å². The summed E-state index contributed by atoms with van der Waals surface area (Å²) in [4.78, 5) is 23.7. The molecule has 0 fully saturated rings. The first-order chi connectivity index (χ1) is 9.58. The molecule has 0 aliphatic carbocycles. The van der Waals surface area contributed by atoms with Crippen molar-refractivity contribution in [3.05, 3.63) is 45.6 Å². The van der Waals surface area contributed by atoms with Gasteiger partial charge < -0.3 is 16.0 Å². The number of carbonyl (C=O) groups excluding carboxylic acids is 2. The van der Waals surface area contributed by atoms with Crippen LogP contribution >= 0.6 is 22.9 Å². The molecule has 1 aromatic carbocycles. The van der Waals surface area contributed by atoms with Crippen LogP contribution in [0.2, 0.25) is 4.34 Å². The van der Waals surface area contributed by atoms with Gasteiger partial charge in [0.2, 0.25) is 0 Å². The summed E-state index contributed by atoms with van der Waals surface area (Å²) in [6.45, 7) is 0. The van der Waals surface area contributed by atoms with Crippen molar-refractivity contribution >= 4 is 46.3 Å². The highest BCUT2D eigenvalue weighted by Crippen LogP contribution is 2.23. The normalized spacial score (nSPS) is 9.90. The Balaban J connectivity index is 2.08. The zero-order valence-corrected chi connectivity index (χ0v) is 12.1. The number of nitrogens with one attached hydrogen (secondary N) is 3. The molecule has 0 saturated carbocycles. The van der Waals surface area contributed by atoms with Crippen molar-refractivity contribution in [1.82, 2.24) is 5.32 Å². The van der Waals surface area contributed by atoms with Crippen molar-refractivity contribution in [2.75, 3.05) is 17.7 Å². The van der Waals surface area contributed by atoms with Crippen molar-refractivity contribution in [3.63, 3.8) is 0 Å². The number of anilines is 2. The molecular weight excluding hydrogens is 298 g/mol. The predicted octanol–water partition coefficient (Wildman–Crippen LogP) is 3.41. The molecular formula is C13H12ClN3O2S. The molecule has 3 N–H and O–H groups in total. The van der Waals surface area contributed by atoms with Crippen molar-refractivity contribution in [2.45, 2.75) is 0 Å². The summed E-state index contributed by atoms with van der Waals surface area (Å²) in [5.41, 5.74) is 1.18. The largest absolute Gasteiger partial charge is 0.341 e. The molecule has 2 aromatic rings. The second kappa shape index (κ2) is 6.40. The third-order valence-electron chi connectivity index (χ3n) is 2.40. The molecule has 0 spiro atoms. The maximum Gasteiger partial charge on any atom is 0.318 e. The van der Waals surface area contributed by atoms with Crippen molar-refractivity contribution in [1.29, 1.82) is 0 Å². The number of rotatable bonds is 3. The Morgan fingerprint density at radius 1 is 1.10 bits per heavy atom. The molecule has 20 heavy (non-hydrogen) atoms. The number of hydrogen-bond donors (Lipinski definition) is 3. The molecule has 7 heteroatoms. The highest BCUT2D eigenvalue weighted by Gasteiger charge is 2.09. The van der Waals surface area contributed by atoms with Gasteiger partial charge in [-0.2, -0.15) is 0 Å². The van der Waals surface area contributed by atoms with Crippen LogP contribution in [0, 0.1) is 0 Å². The topological polar surface area (TPSA) is 70.2 Å². The van der Waals surface area contributed by atoms with Gasteiger partial charge >= 0.3 is 6.03 Å². The summed E-state index contributed by atoms with van der Waals surface area (Å²) >= 11 is 7.00. The van der Waals surface area contributed by atoms with E-state index in [0.717, 1.165) is 0 Å². The lowest BCUT2D eigenvalue weighted by Crippen LogP contribution is -2.24. The molecule has 5 nitrogen and oxygen atoms in total. The predicted molar refractivity (Wildman–Crippen MR) is 81.8 cm³/mol. The van der Waals surface area contributed by atoms with Gasteiger partial charge in [-0.1, -0.05) is 17.7 Å². The van der Waals surface area contributed by atoms with E-state index in [1.807, 2.05) is 0 Å². The van der Waals surface area contributed by atoms with E-state index in [1.54, 1.807) is 36.4 Å². The smallest absolute Gasteiger partial charge is 0.318 e. The van der Waals surface area contributed by atoms with Crippen molar-refractivity contribution in [3.8, 4) is 0 Å². The lowest BCUT2D eigenvalue weighted by molar-refractivity contribution is 0.103. The minimum atomic E-state index is -0.321. The van der Waals surface area contributed by atoms with E-state index in [0.29, 0.717) is 20.6 Å². The van der Waals surface area contributed by atoms with Gasteiger partial charge in [0.05, 0.1) is 9.21 Å². The first kappa shape index (κ1) is 14.4. The Hall–Kier alpha value is -2.05. The molecule has 104 valence electrons. The van der Waals surface area contributed by atoms with Gasteiger partial charge in [0.1, 0.15) is 0 Å². The van der Waals surface area contributed by atoms with E-state index in [-0.39, 0.29) is 11.9 Å². The molecule has 0 aliphatic heterocycles. The van der Waals surface area contributed by atoms with Gasteiger partial charge in [-0.15, -0.1) is 11.3 Å². The van der Waals surface area contributed by atoms with Crippen LogP contribution in [0.3, 0.4) is 0 Å². The summed E-state index contributed by atoms with van der Waals surface area (Å²) in [7, 11) is 1.53. The summed E-state index contributed by atoms with van der Waals surface area (Å²) in [6, 6.07) is 9.89. The third kappa shape index (κ3) is 3.72. The SMILES string of the molecule is CNC(=O)Nc1cccc(NC(=O)c2ccc(Cl)s2)c1. The van der Waals surface area contributed by atoms with E-state index in [4.69, 9.17) is 11.6 Å². The maximum absolute atomic E-state index is 12.0. The molecule has 0 radical (unpaired) electrons. The Kier molecular flexibility index (Phi) is 4.60. The van der Waals surface area contributed by atoms with Crippen LogP contribution < -0.4 is 16.0 Å². The molecule has 2 rings (SSSR count). The molecule has 0 unspecified atom stereocenters. The molecule has 0 bridgehead atoms. The Morgan fingerprint density at radius 3 is 2.40 bits per heavy atom. The molecule has 0 saturated heterocycles. The first-order valence-corrected chi connectivity index (χ1v) is 6.93. The lowest BCUT2D eigenvalue weighted by Gasteiger charge is -2.07. The Labute approximate surface area is 124 Å².